The van der Waals surface area contributed by atoms with E-state index in [0.29, 0.717) is 12.0 Å². The van der Waals surface area contributed by atoms with Gasteiger partial charge in [0.2, 0.25) is 0 Å². The van der Waals surface area contributed by atoms with Crippen molar-refractivity contribution in [3.63, 3.8) is 0 Å². The largest absolute Gasteiger partial charge is 0.461 e. The molecule has 1 heterocycles. The van der Waals surface area contributed by atoms with Gasteiger partial charge in [0.1, 0.15) is 12.7 Å². The van der Waals surface area contributed by atoms with E-state index in [9.17, 15) is 14.7 Å². The highest BCUT2D eigenvalue weighted by atomic mass is 16.6. The number of hydrogen-bond donors (Lipinski definition) is 2. The molecule has 0 spiro atoms. The van der Waals surface area contributed by atoms with E-state index in [-0.39, 0.29) is 13.0 Å². The zero-order chi connectivity index (χ0) is 22.7. The predicted molar refractivity (Wildman–Crippen MR) is 117 cm³/mol. The summed E-state index contributed by atoms with van der Waals surface area (Å²) in [4.78, 5) is 23.3. The van der Waals surface area contributed by atoms with E-state index < -0.39 is 30.3 Å². The highest BCUT2D eigenvalue weighted by molar-refractivity contribution is 5.92. The molecule has 168 valence electrons. The average Bonchev–Trinajstić information content (AvgIpc) is 2.87. The van der Waals surface area contributed by atoms with Gasteiger partial charge < -0.3 is 19.7 Å². The number of esters is 2. The van der Waals surface area contributed by atoms with Crippen LogP contribution in [-0.2, 0) is 19.1 Å². The molecule has 6 heteroatoms. The summed E-state index contributed by atoms with van der Waals surface area (Å²) in [6, 6.07) is 0. The van der Waals surface area contributed by atoms with Gasteiger partial charge in [-0.05, 0) is 72.5 Å². The Kier molecular flexibility index (Phi) is 11.4. The number of ether oxygens (including phenoxy) is 2. The van der Waals surface area contributed by atoms with Crippen LogP contribution < -0.4 is 0 Å². The maximum atomic E-state index is 11.9. The SMILES string of the molecule is CC(C)=C[C@H]1OC(=O)/C(=C/CC/C(C)=C/CC/C(C)=C\COC(=O)C[C@H](C)O)[C@@H]1O. The number of carbonyl (C=O) groups excluding carboxylic acids is 2. The van der Waals surface area contributed by atoms with Crippen LogP contribution >= 0.6 is 0 Å². The van der Waals surface area contributed by atoms with Crippen molar-refractivity contribution >= 4 is 11.9 Å². The molecule has 0 saturated carbocycles. The van der Waals surface area contributed by atoms with Crippen molar-refractivity contribution in [2.75, 3.05) is 6.61 Å². The monoisotopic (exact) mass is 420 g/mol. The third-order valence-electron chi connectivity index (χ3n) is 4.68. The minimum absolute atomic E-state index is 0.00926. The third-order valence-corrected chi connectivity index (χ3v) is 4.68. The van der Waals surface area contributed by atoms with Gasteiger partial charge in [0, 0.05) is 0 Å². The first-order valence-corrected chi connectivity index (χ1v) is 10.5. The van der Waals surface area contributed by atoms with Crippen molar-refractivity contribution in [2.45, 2.75) is 85.0 Å². The average molecular weight is 421 g/mol. The first kappa shape index (κ1) is 25.9. The lowest BCUT2D eigenvalue weighted by Crippen LogP contribution is -2.19. The van der Waals surface area contributed by atoms with E-state index in [1.54, 1.807) is 19.1 Å². The number of aliphatic hydroxyl groups excluding tert-OH is 2. The minimum Gasteiger partial charge on any atom is -0.461 e. The van der Waals surface area contributed by atoms with Crippen LogP contribution in [0.15, 0.2) is 46.6 Å². The molecule has 0 aliphatic carbocycles. The lowest BCUT2D eigenvalue weighted by Gasteiger charge is -2.08. The zero-order valence-corrected chi connectivity index (χ0v) is 18.8. The summed E-state index contributed by atoms with van der Waals surface area (Å²) < 4.78 is 10.3. The van der Waals surface area contributed by atoms with Gasteiger partial charge in [-0.2, -0.15) is 0 Å². The van der Waals surface area contributed by atoms with Crippen molar-refractivity contribution in [1.29, 1.82) is 0 Å². The number of aliphatic hydroxyl groups is 2. The summed E-state index contributed by atoms with van der Waals surface area (Å²) in [5, 5.41) is 19.4. The Morgan fingerprint density at radius 3 is 2.40 bits per heavy atom. The molecule has 0 aromatic heterocycles. The van der Waals surface area contributed by atoms with Gasteiger partial charge >= 0.3 is 11.9 Å². The van der Waals surface area contributed by atoms with E-state index in [1.807, 2.05) is 33.8 Å². The van der Waals surface area contributed by atoms with Crippen LogP contribution in [0.1, 0.15) is 66.7 Å². The van der Waals surface area contributed by atoms with Crippen molar-refractivity contribution < 1.29 is 29.3 Å². The maximum absolute atomic E-state index is 11.9. The number of allylic oxidation sites excluding steroid dienone is 5. The minimum atomic E-state index is -0.904. The number of cyclic esters (lactones) is 1. The fraction of sp³-hybridized carbons (Fsp3) is 0.583. The first-order valence-electron chi connectivity index (χ1n) is 10.5. The molecule has 30 heavy (non-hydrogen) atoms. The van der Waals surface area contributed by atoms with Crippen molar-refractivity contribution in [2.24, 2.45) is 0 Å². The second-order valence-corrected chi connectivity index (χ2v) is 8.13. The summed E-state index contributed by atoms with van der Waals surface area (Å²) in [6.07, 6.45) is 8.60. The normalized spacial score (nSPS) is 22.1. The van der Waals surface area contributed by atoms with Crippen LogP contribution in [-0.4, -0.2) is 47.1 Å². The van der Waals surface area contributed by atoms with Crippen molar-refractivity contribution in [1.82, 2.24) is 0 Å². The molecule has 6 nitrogen and oxygen atoms in total. The topological polar surface area (TPSA) is 93.1 Å². The molecule has 3 atom stereocenters. The van der Waals surface area contributed by atoms with E-state index in [4.69, 9.17) is 14.6 Å². The van der Waals surface area contributed by atoms with E-state index in [1.165, 1.54) is 5.57 Å². The Hall–Kier alpha value is -2.18. The van der Waals surface area contributed by atoms with Crippen LogP contribution in [0.3, 0.4) is 0 Å². The zero-order valence-electron chi connectivity index (χ0n) is 18.8. The van der Waals surface area contributed by atoms with Crippen LogP contribution in [0.4, 0.5) is 0 Å². The maximum Gasteiger partial charge on any atom is 0.337 e. The van der Waals surface area contributed by atoms with Crippen molar-refractivity contribution in [3.05, 3.63) is 46.6 Å². The Morgan fingerprint density at radius 2 is 1.77 bits per heavy atom. The van der Waals surface area contributed by atoms with Gasteiger partial charge in [-0.15, -0.1) is 0 Å². The number of rotatable bonds is 11. The Morgan fingerprint density at radius 1 is 1.13 bits per heavy atom. The molecule has 1 aliphatic heterocycles. The molecule has 1 aliphatic rings. The smallest absolute Gasteiger partial charge is 0.337 e. The molecule has 0 aromatic rings. The first-order chi connectivity index (χ1) is 14.1. The van der Waals surface area contributed by atoms with E-state index in [2.05, 4.69) is 6.08 Å². The summed E-state index contributed by atoms with van der Waals surface area (Å²) in [6.45, 7) is 9.61. The fourth-order valence-electron chi connectivity index (χ4n) is 2.99. The molecule has 0 radical (unpaired) electrons. The molecule has 0 aromatic carbocycles. The van der Waals surface area contributed by atoms with Crippen LogP contribution in [0.5, 0.6) is 0 Å². The summed E-state index contributed by atoms with van der Waals surface area (Å²) in [5.41, 5.74) is 3.68. The Labute approximate surface area is 180 Å². The van der Waals surface area contributed by atoms with Gasteiger partial charge in [0.05, 0.1) is 18.1 Å². The van der Waals surface area contributed by atoms with Crippen LogP contribution in [0.25, 0.3) is 0 Å². The van der Waals surface area contributed by atoms with Crippen molar-refractivity contribution in [3.8, 4) is 0 Å². The lowest BCUT2D eigenvalue weighted by molar-refractivity contribution is -0.144. The van der Waals surface area contributed by atoms with Gasteiger partial charge in [-0.1, -0.05) is 28.9 Å². The molecule has 1 fully saturated rings. The second-order valence-electron chi connectivity index (χ2n) is 8.13. The van der Waals surface area contributed by atoms with Gasteiger partial charge in [0.15, 0.2) is 6.10 Å². The Bertz CT molecular complexity index is 707. The quantitative estimate of drug-likeness (QED) is 0.299. The van der Waals surface area contributed by atoms with Crippen LogP contribution in [0.2, 0.25) is 0 Å². The number of hydrogen-bond acceptors (Lipinski definition) is 6. The molecule has 1 rings (SSSR count). The van der Waals surface area contributed by atoms with E-state index in [0.717, 1.165) is 30.4 Å². The molecule has 0 unspecified atom stereocenters. The van der Waals surface area contributed by atoms with Gasteiger partial charge in [-0.25, -0.2) is 4.79 Å². The molecule has 1 saturated heterocycles. The Balaban J connectivity index is 2.38. The van der Waals surface area contributed by atoms with E-state index >= 15 is 0 Å². The fourth-order valence-corrected chi connectivity index (χ4v) is 2.99. The van der Waals surface area contributed by atoms with Gasteiger partial charge in [0.25, 0.3) is 0 Å². The molecule has 2 N–H and O–H groups in total. The highest BCUT2D eigenvalue weighted by Gasteiger charge is 2.36. The summed E-state index contributed by atoms with van der Waals surface area (Å²) in [5.74, 6) is -0.844. The lowest BCUT2D eigenvalue weighted by atomic mass is 10.0. The molecular formula is C24H36O6. The molecular weight excluding hydrogens is 384 g/mol. The van der Waals surface area contributed by atoms with Crippen LogP contribution in [0, 0.1) is 0 Å². The predicted octanol–water partition coefficient (Wildman–Crippen LogP) is 3.93. The standard InChI is InChI=1S/C24H36O6/c1-16(2)14-21-23(27)20(24(28)30-21)11-7-10-17(3)8-6-9-18(4)12-13-29-22(26)15-19(5)25/h8,11-12,14,19,21,23,25,27H,6-7,9-10,13,15H2,1-5H3/b17-8+,18-12-,20-11+/t19-,21+,23-/m0/s1. The number of carbonyl (C=O) groups is 2. The summed E-state index contributed by atoms with van der Waals surface area (Å²) in [7, 11) is 0. The second kappa shape index (κ2) is 13.2. The summed E-state index contributed by atoms with van der Waals surface area (Å²) >= 11 is 0. The third kappa shape index (κ3) is 10.0. The molecule has 0 bridgehead atoms. The van der Waals surface area contributed by atoms with Gasteiger partial charge in [-0.3, -0.25) is 4.79 Å². The molecule has 0 amide bonds. The highest BCUT2D eigenvalue weighted by Crippen LogP contribution is 2.24.